The molecule has 3 aromatic carbocycles. The molecule has 0 radical (unpaired) electrons. The van der Waals surface area contributed by atoms with Gasteiger partial charge in [0.1, 0.15) is 30.5 Å². The van der Waals surface area contributed by atoms with E-state index in [1.165, 1.54) is 18.2 Å². The van der Waals surface area contributed by atoms with Crippen LogP contribution in [0.1, 0.15) is 16.7 Å². The van der Waals surface area contributed by atoms with Crippen molar-refractivity contribution in [3.63, 3.8) is 0 Å². The molecule has 1 saturated heterocycles. The van der Waals surface area contributed by atoms with E-state index >= 15 is 0 Å². The lowest BCUT2D eigenvalue weighted by molar-refractivity contribution is -0.123. The van der Waals surface area contributed by atoms with E-state index in [4.69, 9.17) is 21.1 Å². The van der Waals surface area contributed by atoms with E-state index in [9.17, 15) is 14.0 Å². The zero-order valence-electron chi connectivity index (χ0n) is 18.3. The highest BCUT2D eigenvalue weighted by atomic mass is 35.5. The van der Waals surface area contributed by atoms with E-state index in [2.05, 4.69) is 0 Å². The highest BCUT2D eigenvalue weighted by Crippen LogP contribution is 2.36. The molecule has 1 heterocycles. The molecule has 0 saturated carbocycles. The minimum Gasteiger partial charge on any atom is -0.490 e. The van der Waals surface area contributed by atoms with Gasteiger partial charge in [-0.2, -0.15) is 0 Å². The molecule has 8 heteroatoms. The summed E-state index contributed by atoms with van der Waals surface area (Å²) in [6.45, 7) is 2.42. The number of amides is 2. The maximum Gasteiger partial charge on any atom is 0.293 e. The van der Waals surface area contributed by atoms with Crippen molar-refractivity contribution in [2.45, 2.75) is 13.5 Å². The smallest absolute Gasteiger partial charge is 0.293 e. The Labute approximate surface area is 206 Å². The van der Waals surface area contributed by atoms with Crippen molar-refractivity contribution < 1.29 is 23.5 Å². The van der Waals surface area contributed by atoms with Crippen LogP contribution >= 0.6 is 23.4 Å². The number of carbonyl (C=O) groups is 2. The lowest BCUT2D eigenvalue weighted by Gasteiger charge is -2.14. The van der Waals surface area contributed by atoms with Crippen LogP contribution in [0.5, 0.6) is 11.5 Å². The molecule has 1 aliphatic heterocycles. The second-order valence-corrected chi connectivity index (χ2v) is 8.92. The molecule has 4 rings (SSSR count). The van der Waals surface area contributed by atoms with Crippen LogP contribution in [0.4, 0.5) is 9.18 Å². The molecular weight excluding hydrogens is 477 g/mol. The monoisotopic (exact) mass is 497 g/mol. The Balaban J connectivity index is 1.43. The van der Waals surface area contributed by atoms with Gasteiger partial charge in [0.2, 0.25) is 0 Å². The molecule has 0 aromatic heterocycles. The molecule has 1 fully saturated rings. The Morgan fingerprint density at radius 3 is 2.47 bits per heavy atom. The number of halogens is 2. The summed E-state index contributed by atoms with van der Waals surface area (Å²) in [5.74, 6) is 0.235. The number of imide groups is 1. The van der Waals surface area contributed by atoms with Gasteiger partial charge >= 0.3 is 0 Å². The first-order valence-electron chi connectivity index (χ1n) is 10.5. The fourth-order valence-corrected chi connectivity index (χ4v) is 4.35. The van der Waals surface area contributed by atoms with Crippen molar-refractivity contribution in [1.82, 2.24) is 4.90 Å². The number of rotatable bonds is 8. The summed E-state index contributed by atoms with van der Waals surface area (Å²) in [6, 6.07) is 19.2. The van der Waals surface area contributed by atoms with Crippen LogP contribution < -0.4 is 9.47 Å². The van der Waals surface area contributed by atoms with E-state index in [0.717, 1.165) is 28.0 Å². The molecule has 0 atom stereocenters. The lowest BCUT2D eigenvalue weighted by Crippen LogP contribution is -2.28. The molecule has 1 aliphatic rings. The van der Waals surface area contributed by atoms with Crippen molar-refractivity contribution in [1.29, 1.82) is 0 Å². The highest BCUT2D eigenvalue weighted by molar-refractivity contribution is 8.18. The van der Waals surface area contributed by atoms with Gasteiger partial charge in [-0.1, -0.05) is 53.6 Å². The number of hydrogen-bond acceptors (Lipinski definition) is 5. The third-order valence-corrected chi connectivity index (χ3v) is 6.35. The van der Waals surface area contributed by atoms with Gasteiger partial charge in [-0.15, -0.1) is 0 Å². The minimum absolute atomic E-state index is 0.102. The van der Waals surface area contributed by atoms with Crippen molar-refractivity contribution in [3.8, 4) is 11.5 Å². The van der Waals surface area contributed by atoms with Crippen molar-refractivity contribution in [2.24, 2.45) is 0 Å². The number of ether oxygens (including phenoxy) is 2. The predicted octanol–water partition coefficient (Wildman–Crippen LogP) is 6.48. The van der Waals surface area contributed by atoms with Crippen molar-refractivity contribution in [3.05, 3.63) is 99.2 Å². The zero-order valence-corrected chi connectivity index (χ0v) is 19.9. The maximum absolute atomic E-state index is 14.1. The number of hydrogen-bond donors (Lipinski definition) is 0. The van der Waals surface area contributed by atoms with E-state index in [1.807, 2.05) is 43.3 Å². The highest BCUT2D eigenvalue weighted by Gasteiger charge is 2.36. The van der Waals surface area contributed by atoms with E-state index in [1.54, 1.807) is 18.2 Å². The number of benzene rings is 3. The standard InChI is InChI=1S/C26H21ClFNO4S/c1-17-9-11-19(12-10-17)32-13-14-33-23-8-3-2-5-18(23)15-24-25(30)29(26(31)34-24)16-20-21(27)6-4-7-22(20)28/h2-12,15H,13-14,16H2,1H3/b24-15-. The summed E-state index contributed by atoms with van der Waals surface area (Å²) in [7, 11) is 0. The average molecular weight is 498 g/mol. The van der Waals surface area contributed by atoms with Crippen LogP contribution in [0.25, 0.3) is 6.08 Å². The fourth-order valence-electron chi connectivity index (χ4n) is 3.30. The Bertz CT molecular complexity index is 1230. The summed E-state index contributed by atoms with van der Waals surface area (Å²) in [4.78, 5) is 26.6. The third kappa shape index (κ3) is 5.61. The minimum atomic E-state index is -0.567. The van der Waals surface area contributed by atoms with Gasteiger partial charge in [-0.05, 0) is 55.1 Å². The molecular formula is C26H21ClFNO4S. The second-order valence-electron chi connectivity index (χ2n) is 7.52. The molecule has 0 bridgehead atoms. The first-order valence-corrected chi connectivity index (χ1v) is 11.7. The second kappa shape index (κ2) is 10.8. The number of nitrogens with zero attached hydrogens (tertiary/aromatic N) is 1. The molecule has 0 unspecified atom stereocenters. The van der Waals surface area contributed by atoms with Crippen LogP contribution in [0.3, 0.4) is 0 Å². The first-order chi connectivity index (χ1) is 16.4. The van der Waals surface area contributed by atoms with Gasteiger partial charge in [0, 0.05) is 16.1 Å². The van der Waals surface area contributed by atoms with Gasteiger partial charge in [-0.3, -0.25) is 14.5 Å². The number of para-hydroxylation sites is 1. The molecule has 0 N–H and O–H groups in total. The topological polar surface area (TPSA) is 55.8 Å². The molecule has 3 aromatic rings. The molecule has 2 amide bonds. The third-order valence-electron chi connectivity index (χ3n) is 5.09. The summed E-state index contributed by atoms with van der Waals surface area (Å²) in [5, 5.41) is -0.324. The first kappa shape index (κ1) is 23.9. The number of thioether (sulfide) groups is 1. The average Bonchev–Trinajstić information content (AvgIpc) is 3.08. The maximum atomic E-state index is 14.1. The van der Waals surface area contributed by atoms with Crippen molar-refractivity contribution in [2.75, 3.05) is 13.2 Å². The van der Waals surface area contributed by atoms with E-state index in [0.29, 0.717) is 24.5 Å². The fraction of sp³-hybridized carbons (Fsp3) is 0.154. The van der Waals surface area contributed by atoms with Crippen LogP contribution in [0, 0.1) is 12.7 Å². The van der Waals surface area contributed by atoms with Gasteiger partial charge in [0.25, 0.3) is 11.1 Å². The van der Waals surface area contributed by atoms with Crippen molar-refractivity contribution >= 4 is 40.6 Å². The Morgan fingerprint density at radius 1 is 0.971 bits per heavy atom. The molecule has 34 heavy (non-hydrogen) atoms. The summed E-state index contributed by atoms with van der Waals surface area (Å²) >= 11 is 6.86. The SMILES string of the molecule is Cc1ccc(OCCOc2ccccc2/C=C2\SC(=O)N(Cc3c(F)cccc3Cl)C2=O)cc1. The normalized spacial score (nSPS) is 14.7. The number of aryl methyl sites for hydroxylation is 1. The summed E-state index contributed by atoms with van der Waals surface area (Å²) in [6.07, 6.45) is 1.60. The summed E-state index contributed by atoms with van der Waals surface area (Å²) in [5.41, 5.74) is 1.90. The Kier molecular flexibility index (Phi) is 7.55. The summed E-state index contributed by atoms with van der Waals surface area (Å²) < 4.78 is 25.7. The van der Waals surface area contributed by atoms with E-state index < -0.39 is 17.0 Å². The van der Waals surface area contributed by atoms with Crippen LogP contribution in [-0.2, 0) is 11.3 Å². The predicted molar refractivity (Wildman–Crippen MR) is 132 cm³/mol. The Morgan fingerprint density at radius 2 is 1.71 bits per heavy atom. The van der Waals surface area contributed by atoms with Crippen LogP contribution in [0.2, 0.25) is 5.02 Å². The van der Waals surface area contributed by atoms with Crippen LogP contribution in [-0.4, -0.2) is 29.3 Å². The lowest BCUT2D eigenvalue weighted by atomic mass is 10.1. The van der Waals surface area contributed by atoms with Gasteiger partial charge in [-0.25, -0.2) is 4.39 Å². The molecule has 5 nitrogen and oxygen atoms in total. The zero-order chi connectivity index (χ0) is 24.1. The molecule has 0 aliphatic carbocycles. The Hall–Kier alpha value is -3.29. The number of carbonyl (C=O) groups excluding carboxylic acids is 2. The quantitative estimate of drug-likeness (QED) is 0.263. The van der Waals surface area contributed by atoms with Gasteiger partial charge < -0.3 is 9.47 Å². The largest absolute Gasteiger partial charge is 0.490 e. The van der Waals surface area contributed by atoms with Crippen LogP contribution in [0.15, 0.2) is 71.6 Å². The molecule has 174 valence electrons. The van der Waals surface area contributed by atoms with Gasteiger partial charge in [0.05, 0.1) is 11.4 Å². The molecule has 0 spiro atoms. The van der Waals surface area contributed by atoms with Gasteiger partial charge in [0.15, 0.2) is 0 Å². The van der Waals surface area contributed by atoms with E-state index in [-0.39, 0.29) is 22.0 Å².